The highest BCUT2D eigenvalue weighted by Crippen LogP contribution is 2.22. The van der Waals surface area contributed by atoms with E-state index in [1.165, 1.54) is 16.0 Å². The Morgan fingerprint density at radius 2 is 2.29 bits per heavy atom. The number of thioether (sulfide) groups is 1. The maximum atomic E-state index is 6.09. The second-order valence-corrected chi connectivity index (χ2v) is 5.97. The summed E-state index contributed by atoms with van der Waals surface area (Å²) >= 11 is 1.75. The molecule has 1 atom stereocenters. The molecule has 1 aromatic carbocycles. The second-order valence-electron chi connectivity index (χ2n) is 5.12. The minimum absolute atomic E-state index is 0. The van der Waals surface area contributed by atoms with Crippen LogP contribution >= 0.6 is 35.7 Å². The first-order valence-corrected chi connectivity index (χ1v) is 8.12. The van der Waals surface area contributed by atoms with Crippen LogP contribution in [0.5, 0.6) is 0 Å². The first-order chi connectivity index (χ1) is 9.60. The van der Waals surface area contributed by atoms with Crippen LogP contribution in [0.3, 0.4) is 0 Å². The number of ether oxygens (including phenoxy) is 1. The molecule has 1 aromatic rings. The number of halogens is 1. The summed E-state index contributed by atoms with van der Waals surface area (Å²) in [5.74, 6) is 0.618. The molecular weight excluding hydrogens is 397 g/mol. The quantitative estimate of drug-likeness (QED) is 0.353. The second kappa shape index (κ2) is 8.85. The summed E-state index contributed by atoms with van der Waals surface area (Å²) in [7, 11) is 0. The summed E-state index contributed by atoms with van der Waals surface area (Å²) in [4.78, 5) is 7.92. The Hall–Kier alpha value is -0.470. The highest BCUT2D eigenvalue weighted by molar-refractivity contribution is 14.0. The number of rotatable bonds is 3. The number of nitrogens with zero attached hydrogens (tertiary/aromatic N) is 2. The van der Waals surface area contributed by atoms with E-state index < -0.39 is 0 Å². The van der Waals surface area contributed by atoms with Gasteiger partial charge in [-0.05, 0) is 37.3 Å². The Morgan fingerprint density at radius 3 is 2.95 bits per heavy atom. The molecule has 1 heterocycles. The first-order valence-electron chi connectivity index (χ1n) is 6.90. The molecule has 2 rings (SSSR count). The SMILES string of the molecule is CSc1cc(C)ccc1CN=C(N)N1CCOC(C)C1.I. The predicted octanol–water partition coefficient (Wildman–Crippen LogP) is 2.87. The molecule has 6 heteroatoms. The highest BCUT2D eigenvalue weighted by atomic mass is 127. The van der Waals surface area contributed by atoms with E-state index in [1.54, 1.807) is 11.8 Å². The predicted molar refractivity (Wildman–Crippen MR) is 101 cm³/mol. The lowest BCUT2D eigenvalue weighted by Crippen LogP contribution is -2.47. The van der Waals surface area contributed by atoms with Crippen molar-refractivity contribution in [3.8, 4) is 0 Å². The molecule has 0 spiro atoms. The van der Waals surface area contributed by atoms with Gasteiger partial charge in [-0.15, -0.1) is 35.7 Å². The third-order valence-corrected chi connectivity index (χ3v) is 4.24. The average Bonchev–Trinajstić information content (AvgIpc) is 2.45. The van der Waals surface area contributed by atoms with Gasteiger partial charge in [0, 0.05) is 18.0 Å². The van der Waals surface area contributed by atoms with Crippen LogP contribution in [-0.2, 0) is 11.3 Å². The van der Waals surface area contributed by atoms with Crippen molar-refractivity contribution in [3.63, 3.8) is 0 Å². The van der Waals surface area contributed by atoms with Gasteiger partial charge in [0.1, 0.15) is 0 Å². The molecule has 1 fully saturated rings. The van der Waals surface area contributed by atoms with Gasteiger partial charge < -0.3 is 15.4 Å². The van der Waals surface area contributed by atoms with E-state index in [0.29, 0.717) is 12.5 Å². The van der Waals surface area contributed by atoms with Crippen molar-refractivity contribution >= 4 is 41.7 Å². The fraction of sp³-hybridized carbons (Fsp3) is 0.533. The average molecular weight is 421 g/mol. The minimum Gasteiger partial charge on any atom is -0.375 e. The van der Waals surface area contributed by atoms with E-state index in [0.717, 1.165) is 19.7 Å². The molecule has 0 saturated carbocycles. The van der Waals surface area contributed by atoms with Crippen molar-refractivity contribution in [2.45, 2.75) is 31.4 Å². The number of benzene rings is 1. The van der Waals surface area contributed by atoms with Crippen LogP contribution in [0, 0.1) is 6.92 Å². The standard InChI is InChI=1S/C15H23N3OS.HI/c1-11-4-5-13(14(8-11)20-3)9-17-15(16)18-6-7-19-12(2)10-18;/h4-5,8,12H,6-7,9-10H2,1-3H3,(H2,16,17);1H. The van der Waals surface area contributed by atoms with E-state index in [-0.39, 0.29) is 30.1 Å². The van der Waals surface area contributed by atoms with E-state index in [4.69, 9.17) is 10.5 Å². The van der Waals surface area contributed by atoms with Crippen LogP contribution in [0.4, 0.5) is 0 Å². The maximum absolute atomic E-state index is 6.09. The van der Waals surface area contributed by atoms with E-state index >= 15 is 0 Å². The van der Waals surface area contributed by atoms with Crippen molar-refractivity contribution in [1.29, 1.82) is 0 Å². The summed E-state index contributed by atoms with van der Waals surface area (Å²) in [6, 6.07) is 6.46. The first kappa shape index (κ1) is 18.6. The fourth-order valence-corrected chi connectivity index (χ4v) is 2.97. The molecule has 0 bridgehead atoms. The van der Waals surface area contributed by atoms with Gasteiger partial charge in [0.2, 0.25) is 0 Å². The molecule has 118 valence electrons. The van der Waals surface area contributed by atoms with Crippen molar-refractivity contribution in [2.24, 2.45) is 10.7 Å². The minimum atomic E-state index is 0. The van der Waals surface area contributed by atoms with Gasteiger partial charge in [0.05, 0.1) is 19.3 Å². The zero-order valence-electron chi connectivity index (χ0n) is 12.8. The van der Waals surface area contributed by atoms with E-state index in [2.05, 4.69) is 48.2 Å². The lowest BCUT2D eigenvalue weighted by Gasteiger charge is -2.31. The summed E-state index contributed by atoms with van der Waals surface area (Å²) in [6.45, 7) is 7.16. The monoisotopic (exact) mass is 421 g/mol. The number of hydrogen-bond donors (Lipinski definition) is 1. The van der Waals surface area contributed by atoms with Crippen molar-refractivity contribution in [3.05, 3.63) is 29.3 Å². The molecule has 0 amide bonds. The zero-order valence-corrected chi connectivity index (χ0v) is 16.0. The van der Waals surface area contributed by atoms with Gasteiger partial charge in [0.25, 0.3) is 0 Å². The Labute approximate surface area is 148 Å². The van der Waals surface area contributed by atoms with E-state index in [9.17, 15) is 0 Å². The van der Waals surface area contributed by atoms with Crippen LogP contribution in [0.25, 0.3) is 0 Å². The van der Waals surface area contributed by atoms with Gasteiger partial charge in [-0.1, -0.05) is 12.1 Å². The zero-order chi connectivity index (χ0) is 14.5. The molecule has 2 N–H and O–H groups in total. The van der Waals surface area contributed by atoms with Gasteiger partial charge in [0.15, 0.2) is 5.96 Å². The number of hydrogen-bond acceptors (Lipinski definition) is 3. The molecule has 1 aliphatic heterocycles. The largest absolute Gasteiger partial charge is 0.375 e. The van der Waals surface area contributed by atoms with Crippen LogP contribution < -0.4 is 5.73 Å². The van der Waals surface area contributed by atoms with Crippen LogP contribution in [0.1, 0.15) is 18.1 Å². The molecule has 1 saturated heterocycles. The number of aliphatic imine (C=N–C) groups is 1. The Morgan fingerprint density at radius 1 is 1.52 bits per heavy atom. The topological polar surface area (TPSA) is 50.8 Å². The maximum Gasteiger partial charge on any atom is 0.191 e. The van der Waals surface area contributed by atoms with Gasteiger partial charge in [-0.3, -0.25) is 0 Å². The van der Waals surface area contributed by atoms with Gasteiger partial charge in [-0.25, -0.2) is 4.99 Å². The van der Waals surface area contributed by atoms with Crippen LogP contribution in [-0.4, -0.2) is 42.9 Å². The normalized spacial score (nSPS) is 19.3. The summed E-state index contributed by atoms with van der Waals surface area (Å²) in [6.07, 6.45) is 2.31. The Bertz CT molecular complexity index is 496. The lowest BCUT2D eigenvalue weighted by molar-refractivity contribution is 0.00528. The molecule has 4 nitrogen and oxygen atoms in total. The molecule has 1 unspecified atom stereocenters. The van der Waals surface area contributed by atoms with Crippen LogP contribution in [0.2, 0.25) is 0 Å². The molecule has 0 radical (unpaired) electrons. The fourth-order valence-electron chi connectivity index (χ4n) is 2.28. The molecule has 21 heavy (non-hydrogen) atoms. The third-order valence-electron chi connectivity index (χ3n) is 3.42. The molecule has 1 aliphatic rings. The molecule has 0 aromatic heterocycles. The molecular formula is C15H24IN3OS. The van der Waals surface area contributed by atoms with Crippen molar-refractivity contribution < 1.29 is 4.74 Å². The summed E-state index contributed by atoms with van der Waals surface area (Å²) in [5, 5.41) is 0. The Balaban J connectivity index is 0.00000220. The number of aryl methyl sites for hydroxylation is 1. The highest BCUT2D eigenvalue weighted by Gasteiger charge is 2.17. The van der Waals surface area contributed by atoms with Crippen LogP contribution in [0.15, 0.2) is 28.1 Å². The lowest BCUT2D eigenvalue weighted by atomic mass is 10.1. The Kier molecular flexibility index (Phi) is 7.83. The number of nitrogens with two attached hydrogens (primary N) is 1. The third kappa shape index (κ3) is 5.34. The smallest absolute Gasteiger partial charge is 0.191 e. The van der Waals surface area contributed by atoms with Crippen molar-refractivity contribution in [1.82, 2.24) is 4.90 Å². The summed E-state index contributed by atoms with van der Waals surface area (Å²) < 4.78 is 5.52. The van der Waals surface area contributed by atoms with E-state index in [1.807, 2.05) is 0 Å². The van der Waals surface area contributed by atoms with Gasteiger partial charge >= 0.3 is 0 Å². The summed E-state index contributed by atoms with van der Waals surface area (Å²) in [5.41, 5.74) is 8.60. The number of guanidine groups is 1. The van der Waals surface area contributed by atoms with Gasteiger partial charge in [-0.2, -0.15) is 0 Å². The molecule has 0 aliphatic carbocycles. The number of morpholine rings is 1. The van der Waals surface area contributed by atoms with Crippen molar-refractivity contribution in [2.75, 3.05) is 26.0 Å².